The van der Waals surface area contributed by atoms with E-state index < -0.39 is 0 Å². The van der Waals surface area contributed by atoms with Crippen molar-refractivity contribution >= 4 is 5.52 Å². The molecular formula is C23H18N8O. The van der Waals surface area contributed by atoms with Gasteiger partial charge in [-0.05, 0) is 56.7 Å². The number of hydrogen-bond acceptors (Lipinski definition) is 7. The van der Waals surface area contributed by atoms with Gasteiger partial charge < -0.3 is 4.74 Å². The predicted octanol–water partition coefficient (Wildman–Crippen LogP) is 3.96. The molecule has 0 atom stereocenters. The fourth-order valence-corrected chi connectivity index (χ4v) is 3.41. The van der Waals surface area contributed by atoms with E-state index in [1.807, 2.05) is 51.1 Å². The molecule has 0 aliphatic rings. The van der Waals surface area contributed by atoms with Gasteiger partial charge in [0.05, 0.1) is 35.0 Å². The molecule has 9 heteroatoms. The first kappa shape index (κ1) is 19.4. The van der Waals surface area contributed by atoms with E-state index in [1.165, 1.54) is 0 Å². The van der Waals surface area contributed by atoms with Crippen LogP contribution in [0.5, 0.6) is 11.6 Å². The Kier molecular flexibility index (Phi) is 4.60. The smallest absolute Gasteiger partial charge is 0.238 e. The molecule has 5 aromatic heterocycles. The molecule has 0 spiro atoms. The molecule has 5 aromatic rings. The summed E-state index contributed by atoms with van der Waals surface area (Å²) in [5.74, 6) is 1.62. The number of ether oxygens (including phenoxy) is 1. The van der Waals surface area contributed by atoms with Crippen LogP contribution in [0.4, 0.5) is 0 Å². The van der Waals surface area contributed by atoms with Gasteiger partial charge in [0.15, 0.2) is 5.82 Å². The molecule has 0 bridgehead atoms. The molecule has 156 valence electrons. The number of nitriles is 1. The minimum absolute atomic E-state index is 0.412. The molecule has 0 fully saturated rings. The maximum Gasteiger partial charge on any atom is 0.238 e. The first-order chi connectivity index (χ1) is 15.5. The van der Waals surface area contributed by atoms with Crippen LogP contribution in [0, 0.1) is 32.1 Å². The summed E-state index contributed by atoms with van der Waals surface area (Å²) in [6, 6.07) is 15.2. The molecule has 0 aliphatic carbocycles. The number of aryl methyl sites for hydroxylation is 3. The lowest BCUT2D eigenvalue weighted by Gasteiger charge is -2.09. The zero-order chi connectivity index (χ0) is 22.2. The third-order valence-corrected chi connectivity index (χ3v) is 4.98. The number of nitrogens with zero attached hydrogens (tertiary/aromatic N) is 8. The second kappa shape index (κ2) is 7.59. The summed E-state index contributed by atoms with van der Waals surface area (Å²) in [5, 5.41) is 26.4. The molecule has 32 heavy (non-hydrogen) atoms. The van der Waals surface area contributed by atoms with Gasteiger partial charge in [-0.3, -0.25) is 0 Å². The molecule has 0 saturated carbocycles. The van der Waals surface area contributed by atoms with E-state index in [0.29, 0.717) is 23.1 Å². The summed E-state index contributed by atoms with van der Waals surface area (Å²) >= 11 is 0. The minimum atomic E-state index is 0.412. The Labute approximate surface area is 183 Å². The largest absolute Gasteiger partial charge is 0.436 e. The third kappa shape index (κ3) is 3.44. The van der Waals surface area contributed by atoms with Gasteiger partial charge in [0.25, 0.3) is 0 Å². The molecule has 0 unspecified atom stereocenters. The lowest BCUT2D eigenvalue weighted by molar-refractivity contribution is 0.451. The maximum absolute atomic E-state index is 9.45. The van der Waals surface area contributed by atoms with Crippen LogP contribution in [0.25, 0.3) is 22.6 Å². The SMILES string of the molecule is Cc1ccc(Oc2ccc3c(-c4ccc(C)c(-n5nc(C)cc5C#N)n4)cnn3c2)nn1. The van der Waals surface area contributed by atoms with Crippen LogP contribution >= 0.6 is 0 Å². The Morgan fingerprint density at radius 2 is 1.84 bits per heavy atom. The van der Waals surface area contributed by atoms with E-state index in [-0.39, 0.29) is 0 Å². The summed E-state index contributed by atoms with van der Waals surface area (Å²) in [7, 11) is 0. The van der Waals surface area contributed by atoms with E-state index in [4.69, 9.17) is 9.72 Å². The Bertz CT molecular complexity index is 1490. The highest BCUT2D eigenvalue weighted by atomic mass is 16.5. The van der Waals surface area contributed by atoms with Crippen molar-refractivity contribution in [2.75, 3.05) is 0 Å². The fourth-order valence-electron chi connectivity index (χ4n) is 3.41. The summed E-state index contributed by atoms with van der Waals surface area (Å²) in [6.45, 7) is 5.66. The van der Waals surface area contributed by atoms with Gasteiger partial charge in [0, 0.05) is 11.6 Å². The Morgan fingerprint density at radius 3 is 2.62 bits per heavy atom. The minimum Gasteiger partial charge on any atom is -0.436 e. The Hall–Kier alpha value is -4.58. The quantitative estimate of drug-likeness (QED) is 0.431. The summed E-state index contributed by atoms with van der Waals surface area (Å²) < 4.78 is 9.09. The van der Waals surface area contributed by atoms with Crippen molar-refractivity contribution in [3.05, 3.63) is 77.5 Å². The Balaban J connectivity index is 1.52. The van der Waals surface area contributed by atoms with E-state index in [2.05, 4.69) is 26.5 Å². The van der Waals surface area contributed by atoms with Crippen molar-refractivity contribution < 1.29 is 4.74 Å². The lowest BCUT2D eigenvalue weighted by Crippen LogP contribution is -2.05. The Morgan fingerprint density at radius 1 is 0.969 bits per heavy atom. The highest BCUT2D eigenvalue weighted by molar-refractivity contribution is 5.78. The zero-order valence-electron chi connectivity index (χ0n) is 17.7. The third-order valence-electron chi connectivity index (χ3n) is 4.98. The van der Waals surface area contributed by atoms with Crippen molar-refractivity contribution in [3.63, 3.8) is 0 Å². The van der Waals surface area contributed by atoms with Crippen LogP contribution < -0.4 is 4.74 Å². The molecule has 5 heterocycles. The van der Waals surface area contributed by atoms with Crippen LogP contribution in [-0.4, -0.2) is 34.6 Å². The molecule has 0 saturated heterocycles. The van der Waals surface area contributed by atoms with Crippen LogP contribution in [0.1, 0.15) is 22.6 Å². The number of pyridine rings is 2. The van der Waals surface area contributed by atoms with Crippen molar-refractivity contribution in [2.45, 2.75) is 20.8 Å². The summed E-state index contributed by atoms with van der Waals surface area (Å²) in [4.78, 5) is 4.80. The lowest BCUT2D eigenvalue weighted by atomic mass is 10.1. The average molecular weight is 422 g/mol. The molecule has 9 nitrogen and oxygen atoms in total. The van der Waals surface area contributed by atoms with Crippen molar-refractivity contribution in [2.24, 2.45) is 0 Å². The van der Waals surface area contributed by atoms with E-state index in [1.54, 1.807) is 33.7 Å². The number of hydrogen-bond donors (Lipinski definition) is 0. The second-order valence-corrected chi connectivity index (χ2v) is 7.40. The average Bonchev–Trinajstić information content (AvgIpc) is 3.38. The summed E-state index contributed by atoms with van der Waals surface area (Å²) in [5.41, 5.74) is 5.39. The highest BCUT2D eigenvalue weighted by Gasteiger charge is 2.15. The van der Waals surface area contributed by atoms with Crippen LogP contribution in [-0.2, 0) is 0 Å². The van der Waals surface area contributed by atoms with Gasteiger partial charge in [-0.1, -0.05) is 6.07 Å². The topological polar surface area (TPSA) is 107 Å². The molecule has 0 aliphatic heterocycles. The highest BCUT2D eigenvalue weighted by Crippen LogP contribution is 2.28. The monoisotopic (exact) mass is 422 g/mol. The number of rotatable bonds is 4. The summed E-state index contributed by atoms with van der Waals surface area (Å²) in [6.07, 6.45) is 3.53. The van der Waals surface area contributed by atoms with Gasteiger partial charge in [-0.25, -0.2) is 14.2 Å². The molecule has 0 amide bonds. The van der Waals surface area contributed by atoms with E-state index >= 15 is 0 Å². The molecule has 0 N–H and O–H groups in total. The molecule has 5 rings (SSSR count). The van der Waals surface area contributed by atoms with E-state index in [0.717, 1.165) is 33.7 Å². The molecule has 0 aromatic carbocycles. The number of aromatic nitrogens is 7. The standard InChI is InChI=1S/C23H18N8O/c1-14-4-7-20(26-23(14)31-17(11-24)10-16(3)29-31)19-12-25-30-13-18(6-8-21(19)30)32-22-9-5-15(2)27-28-22/h4-10,12-13H,1-3H3. The van der Waals surface area contributed by atoms with Crippen molar-refractivity contribution in [1.82, 2.24) is 34.6 Å². The second-order valence-electron chi connectivity index (χ2n) is 7.40. The first-order valence-corrected chi connectivity index (χ1v) is 9.92. The molecule has 0 radical (unpaired) electrons. The maximum atomic E-state index is 9.45. The first-order valence-electron chi connectivity index (χ1n) is 9.92. The van der Waals surface area contributed by atoms with Crippen LogP contribution in [0.3, 0.4) is 0 Å². The number of fused-ring (bicyclic) bond motifs is 1. The van der Waals surface area contributed by atoms with Gasteiger partial charge in [-0.15, -0.1) is 5.10 Å². The van der Waals surface area contributed by atoms with Crippen LogP contribution in [0.2, 0.25) is 0 Å². The zero-order valence-corrected chi connectivity index (χ0v) is 17.7. The van der Waals surface area contributed by atoms with Gasteiger partial charge in [0.2, 0.25) is 5.88 Å². The predicted molar refractivity (Wildman–Crippen MR) is 117 cm³/mol. The van der Waals surface area contributed by atoms with Gasteiger partial charge in [-0.2, -0.15) is 20.6 Å². The fraction of sp³-hybridized carbons (Fsp3) is 0.130. The normalized spacial score (nSPS) is 10.9. The van der Waals surface area contributed by atoms with Crippen molar-refractivity contribution in [3.8, 4) is 34.8 Å². The van der Waals surface area contributed by atoms with Crippen molar-refractivity contribution in [1.29, 1.82) is 5.26 Å². The van der Waals surface area contributed by atoms with Gasteiger partial charge in [0.1, 0.15) is 17.5 Å². The van der Waals surface area contributed by atoms with E-state index in [9.17, 15) is 5.26 Å². The van der Waals surface area contributed by atoms with Gasteiger partial charge >= 0.3 is 0 Å². The molecular weight excluding hydrogens is 404 g/mol. The van der Waals surface area contributed by atoms with Crippen LogP contribution in [0.15, 0.2) is 54.9 Å².